The van der Waals surface area contributed by atoms with Crippen molar-refractivity contribution in [2.24, 2.45) is 0 Å². The number of ketones is 1. The molecule has 0 fully saturated rings. The lowest BCUT2D eigenvalue weighted by atomic mass is 9.86. The van der Waals surface area contributed by atoms with E-state index in [0.29, 0.717) is 0 Å². The van der Waals surface area contributed by atoms with Crippen molar-refractivity contribution >= 4 is 11.8 Å². The fourth-order valence-corrected chi connectivity index (χ4v) is 2.11. The number of carboxylic acid groups (broad SMARTS) is 1. The standard InChI is InChI=1S/C16H14O3/c17-14(11-15(18)19)16(12-7-3-1-4-8-12)13-9-5-2-6-10-13/h1-10,16H,11H2,(H,18,19). The summed E-state index contributed by atoms with van der Waals surface area (Å²) in [5.41, 5.74) is 1.64. The lowest BCUT2D eigenvalue weighted by Crippen LogP contribution is -2.17. The smallest absolute Gasteiger partial charge is 0.310 e. The quantitative estimate of drug-likeness (QED) is 0.835. The molecule has 0 atom stereocenters. The highest BCUT2D eigenvalue weighted by Gasteiger charge is 2.23. The Balaban J connectivity index is 2.40. The first-order chi connectivity index (χ1) is 9.18. The van der Waals surface area contributed by atoms with Crippen LogP contribution < -0.4 is 0 Å². The van der Waals surface area contributed by atoms with Gasteiger partial charge in [0.1, 0.15) is 6.42 Å². The Bertz CT molecular complexity index is 522. The molecule has 3 heteroatoms. The third-order valence-corrected chi connectivity index (χ3v) is 2.91. The van der Waals surface area contributed by atoms with E-state index in [-0.39, 0.29) is 5.78 Å². The lowest BCUT2D eigenvalue weighted by molar-refractivity contribution is -0.140. The first kappa shape index (κ1) is 13.0. The molecule has 0 aromatic heterocycles. The molecule has 3 nitrogen and oxygen atoms in total. The summed E-state index contributed by atoms with van der Waals surface area (Å²) < 4.78 is 0. The topological polar surface area (TPSA) is 54.4 Å². The highest BCUT2D eigenvalue weighted by molar-refractivity contribution is 6.00. The van der Waals surface area contributed by atoms with Crippen LogP contribution in [0.4, 0.5) is 0 Å². The minimum absolute atomic E-state index is 0.301. The van der Waals surface area contributed by atoms with E-state index in [1.807, 2.05) is 60.7 Å². The fourth-order valence-electron chi connectivity index (χ4n) is 2.11. The molecule has 1 N–H and O–H groups in total. The molecule has 2 rings (SSSR count). The number of aliphatic carboxylic acids is 1. The molecule has 0 aliphatic heterocycles. The van der Waals surface area contributed by atoms with Gasteiger partial charge in [-0.05, 0) is 11.1 Å². The molecule has 96 valence electrons. The maximum absolute atomic E-state index is 12.2. The predicted octanol–water partition coefficient (Wildman–Crippen LogP) is 2.86. The molecule has 0 aliphatic carbocycles. The second-order valence-electron chi connectivity index (χ2n) is 4.29. The molecule has 0 saturated heterocycles. The van der Waals surface area contributed by atoms with Crippen molar-refractivity contribution < 1.29 is 14.7 Å². The highest BCUT2D eigenvalue weighted by atomic mass is 16.4. The third kappa shape index (κ3) is 3.28. The lowest BCUT2D eigenvalue weighted by Gasteiger charge is -2.15. The number of Topliss-reactive ketones (excluding diaryl/α,β-unsaturated/α-hetero) is 1. The molecule has 2 aromatic rings. The van der Waals surface area contributed by atoms with Crippen LogP contribution in [0.3, 0.4) is 0 Å². The summed E-state index contributed by atoms with van der Waals surface area (Å²) in [6.07, 6.45) is -0.464. The Morgan fingerprint density at radius 1 is 0.842 bits per heavy atom. The van der Waals surface area contributed by atoms with Gasteiger partial charge in [-0.2, -0.15) is 0 Å². The van der Waals surface area contributed by atoms with Crippen LogP contribution in [0.1, 0.15) is 23.5 Å². The molecular weight excluding hydrogens is 240 g/mol. The average Bonchev–Trinajstić information content (AvgIpc) is 2.40. The van der Waals surface area contributed by atoms with Gasteiger partial charge in [0, 0.05) is 0 Å². The van der Waals surface area contributed by atoms with E-state index in [1.54, 1.807) is 0 Å². The zero-order chi connectivity index (χ0) is 13.7. The van der Waals surface area contributed by atoms with E-state index in [1.165, 1.54) is 0 Å². The molecule has 19 heavy (non-hydrogen) atoms. The van der Waals surface area contributed by atoms with Crippen LogP contribution in [0, 0.1) is 0 Å². The molecule has 0 saturated carbocycles. The SMILES string of the molecule is O=C(O)CC(=O)C(c1ccccc1)c1ccccc1. The summed E-state index contributed by atoms with van der Waals surface area (Å²) in [5.74, 6) is -1.91. The summed E-state index contributed by atoms with van der Waals surface area (Å²) in [7, 11) is 0. The van der Waals surface area contributed by atoms with Crippen LogP contribution in [0.25, 0.3) is 0 Å². The Morgan fingerprint density at radius 2 is 1.26 bits per heavy atom. The molecule has 0 amide bonds. The van der Waals surface area contributed by atoms with Crippen molar-refractivity contribution in [2.75, 3.05) is 0 Å². The van der Waals surface area contributed by atoms with Gasteiger partial charge < -0.3 is 5.11 Å². The van der Waals surface area contributed by atoms with E-state index in [4.69, 9.17) is 5.11 Å². The second kappa shape index (κ2) is 5.96. The molecule has 0 heterocycles. The number of hydrogen-bond acceptors (Lipinski definition) is 2. The summed E-state index contributed by atoms with van der Waals surface area (Å²) in [6.45, 7) is 0. The van der Waals surface area contributed by atoms with Crippen LogP contribution >= 0.6 is 0 Å². The fraction of sp³-hybridized carbons (Fsp3) is 0.125. The normalized spacial score (nSPS) is 10.4. The summed E-state index contributed by atoms with van der Waals surface area (Å²) in [5, 5.41) is 8.81. The van der Waals surface area contributed by atoms with E-state index in [0.717, 1.165) is 11.1 Å². The predicted molar refractivity (Wildman–Crippen MR) is 72.0 cm³/mol. The van der Waals surface area contributed by atoms with Gasteiger partial charge in [-0.15, -0.1) is 0 Å². The maximum atomic E-state index is 12.2. The number of carbonyl (C=O) groups excluding carboxylic acids is 1. The number of carbonyl (C=O) groups is 2. The van der Waals surface area contributed by atoms with Crippen molar-refractivity contribution in [3.63, 3.8) is 0 Å². The van der Waals surface area contributed by atoms with Crippen LogP contribution in [0.2, 0.25) is 0 Å². The molecule has 2 aromatic carbocycles. The number of hydrogen-bond donors (Lipinski definition) is 1. The number of carboxylic acids is 1. The first-order valence-electron chi connectivity index (χ1n) is 6.03. The second-order valence-corrected chi connectivity index (χ2v) is 4.29. The Morgan fingerprint density at radius 3 is 1.63 bits per heavy atom. The van der Waals surface area contributed by atoms with Gasteiger partial charge in [0.2, 0.25) is 0 Å². The first-order valence-corrected chi connectivity index (χ1v) is 6.03. The van der Waals surface area contributed by atoms with Gasteiger partial charge in [-0.25, -0.2) is 0 Å². The van der Waals surface area contributed by atoms with Crippen molar-refractivity contribution in [3.8, 4) is 0 Å². The summed E-state index contributed by atoms with van der Waals surface area (Å²) in [6, 6.07) is 18.5. The van der Waals surface area contributed by atoms with Gasteiger partial charge in [-0.1, -0.05) is 60.7 Å². The monoisotopic (exact) mass is 254 g/mol. The molecule has 0 spiro atoms. The molecular formula is C16H14O3. The zero-order valence-corrected chi connectivity index (χ0v) is 10.3. The minimum Gasteiger partial charge on any atom is -0.481 e. The number of rotatable bonds is 5. The van der Waals surface area contributed by atoms with Crippen molar-refractivity contribution in [1.82, 2.24) is 0 Å². The average molecular weight is 254 g/mol. The largest absolute Gasteiger partial charge is 0.481 e. The highest BCUT2D eigenvalue weighted by Crippen LogP contribution is 2.26. The van der Waals surface area contributed by atoms with Gasteiger partial charge in [0.25, 0.3) is 0 Å². The van der Waals surface area contributed by atoms with Crippen molar-refractivity contribution in [3.05, 3.63) is 71.8 Å². The van der Waals surface area contributed by atoms with E-state index < -0.39 is 18.3 Å². The van der Waals surface area contributed by atoms with Gasteiger partial charge >= 0.3 is 5.97 Å². The van der Waals surface area contributed by atoms with Crippen LogP contribution in [0.15, 0.2) is 60.7 Å². The van der Waals surface area contributed by atoms with Gasteiger partial charge in [0.15, 0.2) is 5.78 Å². The van der Waals surface area contributed by atoms with Crippen molar-refractivity contribution in [1.29, 1.82) is 0 Å². The van der Waals surface area contributed by atoms with Crippen LogP contribution in [-0.4, -0.2) is 16.9 Å². The molecule has 0 aliphatic rings. The molecule has 0 radical (unpaired) electrons. The Labute approximate surface area is 111 Å². The summed E-state index contributed by atoms with van der Waals surface area (Å²) in [4.78, 5) is 22.9. The maximum Gasteiger partial charge on any atom is 0.310 e. The van der Waals surface area contributed by atoms with Crippen LogP contribution in [-0.2, 0) is 9.59 Å². The van der Waals surface area contributed by atoms with Gasteiger partial charge in [-0.3, -0.25) is 9.59 Å². The Hall–Kier alpha value is -2.42. The zero-order valence-electron chi connectivity index (χ0n) is 10.3. The van der Waals surface area contributed by atoms with Crippen LogP contribution in [0.5, 0.6) is 0 Å². The molecule has 0 bridgehead atoms. The summed E-state index contributed by atoms with van der Waals surface area (Å²) >= 11 is 0. The van der Waals surface area contributed by atoms with Crippen molar-refractivity contribution in [2.45, 2.75) is 12.3 Å². The minimum atomic E-state index is -1.10. The Kier molecular flexibility index (Phi) is 4.08. The third-order valence-electron chi connectivity index (χ3n) is 2.91. The molecule has 0 unspecified atom stereocenters. The van der Waals surface area contributed by atoms with E-state index in [9.17, 15) is 9.59 Å². The number of benzene rings is 2. The van der Waals surface area contributed by atoms with E-state index in [2.05, 4.69) is 0 Å². The van der Waals surface area contributed by atoms with Gasteiger partial charge in [0.05, 0.1) is 5.92 Å². The van der Waals surface area contributed by atoms with E-state index >= 15 is 0 Å².